The first-order valence-electron chi connectivity index (χ1n) is 1.77. The van der Waals surface area contributed by atoms with Gasteiger partial charge < -0.3 is 10.3 Å². The average Bonchev–Trinajstić information content (AvgIpc) is 1.61. The molecule has 6 heteroatoms. The Morgan fingerprint density at radius 1 is 1.88 bits per heavy atom. The van der Waals surface area contributed by atoms with Crippen molar-refractivity contribution in [2.24, 2.45) is 5.73 Å². The highest BCUT2D eigenvalue weighted by Crippen LogP contribution is 2.25. The predicted octanol–water partition coefficient (Wildman–Crippen LogP) is -0.192. The Kier molecular flexibility index (Phi) is 3.95. The number of primary amides is 1. The van der Waals surface area contributed by atoms with Crippen LogP contribution in [0, 0.1) is 0 Å². The molecular formula is C2H6NO3PS. The molecule has 0 saturated carbocycles. The van der Waals surface area contributed by atoms with E-state index in [-0.39, 0.29) is 6.61 Å². The highest BCUT2D eigenvalue weighted by molar-refractivity contribution is 8.39. The maximum Gasteiger partial charge on any atom is 0.243 e. The molecule has 0 aliphatic carbocycles. The maximum atomic E-state index is 9.97. The number of carbonyl (C=O) groups is 1. The molecule has 48 valence electrons. The monoisotopic (exact) mass is 155 g/mol. The van der Waals surface area contributed by atoms with Crippen molar-refractivity contribution in [1.29, 1.82) is 0 Å². The fourth-order valence-corrected chi connectivity index (χ4v) is 0.592. The van der Waals surface area contributed by atoms with Gasteiger partial charge in [0, 0.05) is 0 Å². The topological polar surface area (TPSA) is 69.4 Å². The average molecular weight is 155 g/mol. The van der Waals surface area contributed by atoms with Crippen molar-refractivity contribution < 1.29 is 13.9 Å². The Labute approximate surface area is 52.4 Å². The van der Waals surface area contributed by atoms with Crippen molar-refractivity contribution in [3.05, 3.63) is 0 Å². The molecule has 0 heterocycles. The Balaban J connectivity index is 3.18. The summed E-state index contributed by atoms with van der Waals surface area (Å²) >= 11 is 3.39. The fourth-order valence-electron chi connectivity index (χ4n) is 0.133. The summed E-state index contributed by atoms with van der Waals surface area (Å²) in [7, 11) is -2.29. The summed E-state index contributed by atoms with van der Waals surface area (Å²) in [5, 5.41) is 0. The van der Waals surface area contributed by atoms with Crippen LogP contribution in [-0.2, 0) is 13.9 Å². The fraction of sp³-hybridized carbons (Fsp3) is 0.500. The molecule has 0 spiro atoms. The summed E-state index contributed by atoms with van der Waals surface area (Å²) in [5.41, 5.74) is 4.62. The molecule has 1 amide bonds. The van der Waals surface area contributed by atoms with Gasteiger partial charge in [0.15, 0.2) is 0 Å². The van der Waals surface area contributed by atoms with Gasteiger partial charge in [0.05, 0.1) is 0 Å². The van der Waals surface area contributed by atoms with Crippen molar-refractivity contribution in [1.82, 2.24) is 0 Å². The minimum atomic E-state index is -2.29. The van der Waals surface area contributed by atoms with E-state index in [1.807, 2.05) is 0 Å². The predicted molar refractivity (Wildman–Crippen MR) is 33.1 cm³/mol. The molecule has 0 aliphatic heterocycles. The van der Waals surface area contributed by atoms with Crippen LogP contribution in [0.2, 0.25) is 0 Å². The van der Waals surface area contributed by atoms with Crippen LogP contribution in [0.1, 0.15) is 0 Å². The van der Waals surface area contributed by atoms with Gasteiger partial charge in [0.2, 0.25) is 13.1 Å². The molecule has 4 nitrogen and oxygen atoms in total. The van der Waals surface area contributed by atoms with Gasteiger partial charge >= 0.3 is 0 Å². The van der Waals surface area contributed by atoms with Gasteiger partial charge in [-0.25, -0.2) is 0 Å². The minimum absolute atomic E-state index is 0.318. The lowest BCUT2D eigenvalue weighted by molar-refractivity contribution is -0.119. The van der Waals surface area contributed by atoms with Crippen LogP contribution in [-0.4, -0.2) is 12.5 Å². The van der Waals surface area contributed by atoms with E-state index in [9.17, 15) is 9.36 Å². The van der Waals surface area contributed by atoms with Gasteiger partial charge in [-0.15, -0.1) is 0 Å². The second-order valence-electron chi connectivity index (χ2n) is 1.02. The molecule has 1 unspecified atom stereocenters. The molecule has 0 fully saturated rings. The summed E-state index contributed by atoms with van der Waals surface area (Å²) in [6, 6.07) is 0. The van der Waals surface area contributed by atoms with E-state index in [1.54, 1.807) is 0 Å². The van der Waals surface area contributed by atoms with Gasteiger partial charge in [0.1, 0.15) is 6.61 Å². The molecule has 0 bridgehead atoms. The summed E-state index contributed by atoms with van der Waals surface area (Å²) in [6.45, 7) is -0.318. The van der Waals surface area contributed by atoms with E-state index >= 15 is 0 Å². The zero-order valence-corrected chi connectivity index (χ0v) is 5.85. The quantitative estimate of drug-likeness (QED) is 0.438. The van der Waals surface area contributed by atoms with Crippen LogP contribution in [0.4, 0.5) is 0 Å². The highest BCUT2D eigenvalue weighted by Gasteiger charge is 1.94. The minimum Gasteiger partial charge on any atom is -0.368 e. The van der Waals surface area contributed by atoms with Crippen LogP contribution in [0.5, 0.6) is 0 Å². The van der Waals surface area contributed by atoms with Crippen LogP contribution in [0.15, 0.2) is 0 Å². The Hall–Kier alpha value is 0.01000. The number of nitrogens with two attached hydrogens (primary N) is 1. The van der Waals surface area contributed by atoms with E-state index in [4.69, 9.17) is 0 Å². The van der Waals surface area contributed by atoms with Crippen molar-refractivity contribution in [3.8, 4) is 0 Å². The van der Waals surface area contributed by atoms with Gasteiger partial charge in [0.25, 0.3) is 0 Å². The SMILES string of the molecule is NC(=O)CO[PH](=O)S. The second kappa shape index (κ2) is 3.95. The highest BCUT2D eigenvalue weighted by atomic mass is 32.7. The van der Waals surface area contributed by atoms with Gasteiger partial charge in [-0.3, -0.25) is 9.36 Å². The Morgan fingerprint density at radius 2 is 2.38 bits per heavy atom. The van der Waals surface area contributed by atoms with E-state index in [0.29, 0.717) is 0 Å². The first-order chi connectivity index (χ1) is 3.63. The molecule has 0 aromatic carbocycles. The third-order valence-electron chi connectivity index (χ3n) is 0.338. The Bertz CT molecular complexity index is 102. The molecule has 2 N–H and O–H groups in total. The standard InChI is InChI=1S/C2H6NO3PS/c3-2(4)1-6-7(5)8/h7H,1H2,(H2,3,4)(H,5,8). The smallest absolute Gasteiger partial charge is 0.243 e. The first-order valence-corrected chi connectivity index (χ1v) is 4.37. The van der Waals surface area contributed by atoms with Crippen molar-refractivity contribution in [2.45, 2.75) is 0 Å². The third kappa shape index (κ3) is 6.01. The molecule has 0 aromatic rings. The molecular weight excluding hydrogens is 149 g/mol. The molecule has 8 heavy (non-hydrogen) atoms. The van der Waals surface area contributed by atoms with Crippen molar-refractivity contribution in [2.75, 3.05) is 6.61 Å². The summed E-state index contributed by atoms with van der Waals surface area (Å²) < 4.78 is 14.2. The van der Waals surface area contributed by atoms with Gasteiger partial charge in [-0.05, 0) is 0 Å². The third-order valence-corrected chi connectivity index (χ3v) is 1.12. The molecule has 0 saturated heterocycles. The lowest BCUT2D eigenvalue weighted by atomic mass is 10.7. The number of hydrogen-bond acceptors (Lipinski definition) is 3. The molecule has 0 rings (SSSR count). The largest absolute Gasteiger partial charge is 0.368 e. The molecule has 0 aliphatic rings. The molecule has 1 atom stereocenters. The summed E-state index contributed by atoms with van der Waals surface area (Å²) in [5.74, 6) is -0.641. The van der Waals surface area contributed by atoms with Gasteiger partial charge in [-0.1, -0.05) is 12.2 Å². The number of hydrogen-bond donors (Lipinski definition) is 2. The van der Waals surface area contributed by atoms with Crippen LogP contribution in [0.25, 0.3) is 0 Å². The lowest BCUT2D eigenvalue weighted by Gasteiger charge is -1.91. The number of carbonyl (C=O) groups excluding carboxylic acids is 1. The maximum absolute atomic E-state index is 9.97. The lowest BCUT2D eigenvalue weighted by Crippen LogP contribution is -2.15. The van der Waals surface area contributed by atoms with Crippen molar-refractivity contribution >= 4 is 25.4 Å². The van der Waals surface area contributed by atoms with Crippen LogP contribution in [0.3, 0.4) is 0 Å². The van der Waals surface area contributed by atoms with E-state index in [1.165, 1.54) is 0 Å². The number of rotatable bonds is 3. The summed E-state index contributed by atoms with van der Waals surface area (Å²) in [6.07, 6.45) is 0. The normalized spacial score (nSPS) is 13.1. The molecule has 0 aromatic heterocycles. The van der Waals surface area contributed by atoms with Gasteiger partial charge in [-0.2, -0.15) is 0 Å². The first kappa shape index (κ1) is 8.01. The Morgan fingerprint density at radius 3 is 2.50 bits per heavy atom. The molecule has 0 radical (unpaired) electrons. The van der Waals surface area contributed by atoms with E-state index in [0.717, 1.165) is 0 Å². The summed E-state index contributed by atoms with van der Waals surface area (Å²) in [4.78, 5) is 9.84. The van der Waals surface area contributed by atoms with Crippen LogP contribution >= 0.6 is 19.5 Å². The zero-order valence-electron chi connectivity index (χ0n) is 3.96. The number of thiol groups is 1. The van der Waals surface area contributed by atoms with E-state index in [2.05, 4.69) is 22.5 Å². The number of amides is 1. The van der Waals surface area contributed by atoms with Crippen molar-refractivity contribution in [3.63, 3.8) is 0 Å². The van der Waals surface area contributed by atoms with Crippen LogP contribution < -0.4 is 5.73 Å². The van der Waals surface area contributed by atoms with E-state index < -0.39 is 13.1 Å². The second-order valence-corrected chi connectivity index (χ2v) is 2.94. The zero-order chi connectivity index (χ0) is 6.57.